The number of hydrogen-bond acceptors (Lipinski definition) is 3. The molecule has 2 saturated heterocycles. The van der Waals surface area contributed by atoms with Gasteiger partial charge in [-0.25, -0.2) is 0 Å². The third-order valence-electron chi connectivity index (χ3n) is 2.74. The van der Waals surface area contributed by atoms with Gasteiger partial charge in [0.05, 0.1) is 6.61 Å². The van der Waals surface area contributed by atoms with Crippen molar-refractivity contribution in [2.75, 3.05) is 19.8 Å². The molecule has 2 rings (SSSR count). The van der Waals surface area contributed by atoms with E-state index in [-0.39, 0.29) is 6.29 Å². The summed E-state index contributed by atoms with van der Waals surface area (Å²) < 4.78 is 11.1. The number of likely N-dealkylation sites (N-methyl/N-ethyl adjacent to an activating group) is 1. The van der Waals surface area contributed by atoms with E-state index < -0.39 is 0 Å². The summed E-state index contributed by atoms with van der Waals surface area (Å²) in [5.41, 5.74) is 0. The molecule has 0 aromatic heterocycles. The van der Waals surface area contributed by atoms with Gasteiger partial charge in [0.2, 0.25) is 0 Å². The Kier molecular flexibility index (Phi) is 2.63. The van der Waals surface area contributed by atoms with Crippen LogP contribution in [0.3, 0.4) is 0 Å². The van der Waals surface area contributed by atoms with Crippen LogP contribution in [0.15, 0.2) is 0 Å². The molecular weight excluding hydrogens is 154 g/mol. The topological polar surface area (TPSA) is 30.5 Å². The predicted molar refractivity (Wildman–Crippen MR) is 45.9 cm³/mol. The van der Waals surface area contributed by atoms with Crippen LogP contribution in [0.5, 0.6) is 0 Å². The lowest BCUT2D eigenvalue weighted by Crippen LogP contribution is -2.39. The molecule has 0 aromatic carbocycles. The molecule has 0 spiro atoms. The summed E-state index contributed by atoms with van der Waals surface area (Å²) >= 11 is 0. The van der Waals surface area contributed by atoms with Gasteiger partial charge in [-0.2, -0.15) is 0 Å². The van der Waals surface area contributed by atoms with E-state index in [1.807, 2.05) is 0 Å². The van der Waals surface area contributed by atoms with Crippen molar-refractivity contribution in [1.29, 1.82) is 0 Å². The molecule has 2 fully saturated rings. The van der Waals surface area contributed by atoms with Crippen LogP contribution in [-0.2, 0) is 9.47 Å². The molecule has 0 bridgehead atoms. The third kappa shape index (κ3) is 1.49. The highest BCUT2D eigenvalue weighted by atomic mass is 16.7. The molecule has 0 saturated carbocycles. The Morgan fingerprint density at radius 1 is 1.42 bits per heavy atom. The number of hydrogen-bond donors (Lipinski definition) is 1. The molecule has 1 N–H and O–H groups in total. The second kappa shape index (κ2) is 3.73. The van der Waals surface area contributed by atoms with Gasteiger partial charge in [0.1, 0.15) is 0 Å². The van der Waals surface area contributed by atoms with Crippen LogP contribution in [0.2, 0.25) is 0 Å². The molecule has 0 aromatic rings. The monoisotopic (exact) mass is 171 g/mol. The molecule has 0 amide bonds. The van der Waals surface area contributed by atoms with E-state index in [1.54, 1.807) is 0 Å². The highest BCUT2D eigenvalue weighted by Gasteiger charge is 2.38. The first kappa shape index (κ1) is 8.48. The Morgan fingerprint density at radius 3 is 3.17 bits per heavy atom. The maximum atomic E-state index is 5.54. The molecule has 0 radical (unpaired) electrons. The van der Waals surface area contributed by atoms with E-state index in [2.05, 4.69) is 12.2 Å². The van der Waals surface area contributed by atoms with Crippen LogP contribution in [0.1, 0.15) is 19.8 Å². The standard InChI is InChI=1S/C9H17NO2/c1-2-10-8-6-12-9-7(8)4-3-5-11-9/h7-10H,2-6H2,1H3/t7-,8-,9-/m0/s1. The normalized spacial score (nSPS) is 41.2. The van der Waals surface area contributed by atoms with Crippen LogP contribution in [0, 0.1) is 5.92 Å². The first-order valence-electron chi connectivity index (χ1n) is 4.88. The van der Waals surface area contributed by atoms with Gasteiger partial charge in [-0.05, 0) is 19.4 Å². The molecule has 0 unspecified atom stereocenters. The highest BCUT2D eigenvalue weighted by molar-refractivity contribution is 4.86. The Labute approximate surface area is 73.4 Å². The zero-order valence-corrected chi connectivity index (χ0v) is 7.58. The maximum Gasteiger partial charge on any atom is 0.162 e. The number of rotatable bonds is 2. The lowest BCUT2D eigenvalue weighted by molar-refractivity contribution is -0.151. The van der Waals surface area contributed by atoms with Crippen LogP contribution < -0.4 is 5.32 Å². The quantitative estimate of drug-likeness (QED) is 0.665. The Bertz CT molecular complexity index is 151. The van der Waals surface area contributed by atoms with E-state index in [0.29, 0.717) is 12.0 Å². The van der Waals surface area contributed by atoms with E-state index in [4.69, 9.17) is 9.47 Å². The summed E-state index contributed by atoms with van der Waals surface area (Å²) in [6, 6.07) is 0.528. The van der Waals surface area contributed by atoms with Gasteiger partial charge in [-0.3, -0.25) is 0 Å². The SMILES string of the molecule is CCN[C@H]1CO[C@@H]2OCCC[C@H]21. The fraction of sp³-hybridized carbons (Fsp3) is 1.00. The summed E-state index contributed by atoms with van der Waals surface area (Å²) in [7, 11) is 0. The van der Waals surface area contributed by atoms with Crippen molar-refractivity contribution < 1.29 is 9.47 Å². The summed E-state index contributed by atoms with van der Waals surface area (Å²) in [5.74, 6) is 0.596. The first-order valence-corrected chi connectivity index (χ1v) is 4.88. The number of nitrogens with one attached hydrogen (secondary N) is 1. The van der Waals surface area contributed by atoms with Crippen molar-refractivity contribution in [2.45, 2.75) is 32.1 Å². The molecule has 3 heteroatoms. The van der Waals surface area contributed by atoms with Crippen LogP contribution >= 0.6 is 0 Å². The van der Waals surface area contributed by atoms with Crippen molar-refractivity contribution >= 4 is 0 Å². The summed E-state index contributed by atoms with van der Waals surface area (Å²) in [6.45, 7) is 4.86. The molecule has 2 aliphatic heterocycles. The van der Waals surface area contributed by atoms with Gasteiger partial charge in [0, 0.05) is 18.6 Å². The van der Waals surface area contributed by atoms with Crippen molar-refractivity contribution in [3.8, 4) is 0 Å². The summed E-state index contributed by atoms with van der Waals surface area (Å²) in [5, 5.41) is 3.44. The Morgan fingerprint density at radius 2 is 2.33 bits per heavy atom. The molecule has 3 atom stereocenters. The predicted octanol–water partition coefficient (Wildman–Crippen LogP) is 0.747. The second-order valence-electron chi connectivity index (χ2n) is 3.54. The Balaban J connectivity index is 1.92. The van der Waals surface area contributed by atoms with Gasteiger partial charge in [-0.1, -0.05) is 6.92 Å². The molecule has 3 nitrogen and oxygen atoms in total. The van der Waals surface area contributed by atoms with Gasteiger partial charge in [0.25, 0.3) is 0 Å². The minimum absolute atomic E-state index is 0.0859. The average Bonchev–Trinajstić information content (AvgIpc) is 2.50. The second-order valence-corrected chi connectivity index (χ2v) is 3.54. The average molecular weight is 171 g/mol. The fourth-order valence-electron chi connectivity index (χ4n) is 2.14. The molecule has 12 heavy (non-hydrogen) atoms. The van der Waals surface area contributed by atoms with Crippen molar-refractivity contribution in [3.63, 3.8) is 0 Å². The molecular formula is C9H17NO2. The lowest BCUT2D eigenvalue weighted by Gasteiger charge is -2.27. The molecule has 2 heterocycles. The van der Waals surface area contributed by atoms with E-state index in [0.717, 1.165) is 19.8 Å². The van der Waals surface area contributed by atoms with Crippen LogP contribution in [0.25, 0.3) is 0 Å². The summed E-state index contributed by atoms with van der Waals surface area (Å²) in [6.07, 6.45) is 2.53. The minimum atomic E-state index is 0.0859. The van der Waals surface area contributed by atoms with Gasteiger partial charge in [-0.15, -0.1) is 0 Å². The van der Waals surface area contributed by atoms with Crippen molar-refractivity contribution in [3.05, 3.63) is 0 Å². The minimum Gasteiger partial charge on any atom is -0.352 e. The summed E-state index contributed by atoms with van der Waals surface area (Å²) in [4.78, 5) is 0. The van der Waals surface area contributed by atoms with Gasteiger partial charge in [0.15, 0.2) is 6.29 Å². The first-order chi connectivity index (χ1) is 5.92. The number of fused-ring (bicyclic) bond motifs is 1. The molecule has 0 aliphatic carbocycles. The van der Waals surface area contributed by atoms with E-state index >= 15 is 0 Å². The smallest absolute Gasteiger partial charge is 0.162 e. The molecule has 70 valence electrons. The van der Waals surface area contributed by atoms with Gasteiger partial charge < -0.3 is 14.8 Å². The van der Waals surface area contributed by atoms with Crippen LogP contribution in [-0.4, -0.2) is 32.1 Å². The largest absolute Gasteiger partial charge is 0.352 e. The zero-order chi connectivity index (χ0) is 8.39. The third-order valence-corrected chi connectivity index (χ3v) is 2.74. The van der Waals surface area contributed by atoms with Crippen molar-refractivity contribution in [2.24, 2.45) is 5.92 Å². The Hall–Kier alpha value is -0.120. The molecule has 2 aliphatic rings. The number of ether oxygens (including phenoxy) is 2. The van der Waals surface area contributed by atoms with E-state index in [1.165, 1.54) is 12.8 Å². The zero-order valence-electron chi connectivity index (χ0n) is 7.58. The van der Waals surface area contributed by atoms with Crippen molar-refractivity contribution in [1.82, 2.24) is 5.32 Å². The fourth-order valence-corrected chi connectivity index (χ4v) is 2.14. The highest BCUT2D eigenvalue weighted by Crippen LogP contribution is 2.30. The maximum absolute atomic E-state index is 5.54. The lowest BCUT2D eigenvalue weighted by atomic mass is 9.95. The van der Waals surface area contributed by atoms with E-state index in [9.17, 15) is 0 Å². The van der Waals surface area contributed by atoms with Gasteiger partial charge >= 0.3 is 0 Å². The van der Waals surface area contributed by atoms with Crippen LogP contribution in [0.4, 0.5) is 0 Å².